The van der Waals surface area contributed by atoms with Crippen molar-refractivity contribution in [2.45, 2.75) is 19.8 Å². The molecule has 0 fully saturated rings. The molecule has 0 amide bonds. The highest BCUT2D eigenvalue weighted by molar-refractivity contribution is 5.71. The van der Waals surface area contributed by atoms with Crippen LogP contribution in [0.4, 0.5) is 8.78 Å². The van der Waals surface area contributed by atoms with Gasteiger partial charge in [-0.05, 0) is 13.0 Å². The number of aromatic hydroxyl groups is 1. The minimum Gasteiger partial charge on any atom is -0.506 e. The lowest BCUT2D eigenvalue weighted by Crippen LogP contribution is -2.04. The minimum absolute atomic E-state index is 0.00375. The molecule has 6 heteroatoms. The van der Waals surface area contributed by atoms with Crippen LogP contribution in [-0.4, -0.2) is 21.2 Å². The van der Waals surface area contributed by atoms with E-state index in [1.165, 1.54) is 6.92 Å². The van der Waals surface area contributed by atoms with Crippen molar-refractivity contribution in [3.05, 3.63) is 23.0 Å². The molecule has 0 saturated carbocycles. The predicted molar refractivity (Wildman–Crippen MR) is 46.9 cm³/mol. The quantitative estimate of drug-likeness (QED) is 0.807. The van der Waals surface area contributed by atoms with Gasteiger partial charge in [0.05, 0.1) is 12.1 Å². The van der Waals surface area contributed by atoms with Gasteiger partial charge in [-0.2, -0.15) is 0 Å². The van der Waals surface area contributed by atoms with Gasteiger partial charge in [0.15, 0.2) is 0 Å². The fraction of sp³-hybridized carbons (Fsp3) is 0.333. The van der Waals surface area contributed by atoms with Crippen LogP contribution in [0.3, 0.4) is 0 Å². The van der Waals surface area contributed by atoms with Crippen LogP contribution in [-0.2, 0) is 11.2 Å². The molecule has 4 nitrogen and oxygen atoms in total. The summed E-state index contributed by atoms with van der Waals surface area (Å²) in [5.41, 5.74) is -0.573. The number of aliphatic carboxylic acids is 1. The fourth-order valence-electron chi connectivity index (χ4n) is 1.17. The van der Waals surface area contributed by atoms with E-state index in [1.807, 2.05) is 0 Å². The Bertz CT molecular complexity index is 393. The Labute approximate surface area is 84.2 Å². The number of pyridine rings is 1. The van der Waals surface area contributed by atoms with Crippen molar-refractivity contribution < 1.29 is 23.8 Å². The third-order valence-corrected chi connectivity index (χ3v) is 1.83. The first kappa shape index (κ1) is 11.4. The SMILES string of the molecule is Cc1nc(C(F)F)cc(CC(=O)O)c1O. The Morgan fingerprint density at radius 3 is 2.67 bits per heavy atom. The third-order valence-electron chi connectivity index (χ3n) is 1.83. The molecule has 2 N–H and O–H groups in total. The number of aryl methyl sites for hydroxylation is 1. The van der Waals surface area contributed by atoms with Crippen molar-refractivity contribution >= 4 is 5.97 Å². The lowest BCUT2D eigenvalue weighted by Gasteiger charge is -2.07. The average Bonchev–Trinajstić information content (AvgIpc) is 2.11. The largest absolute Gasteiger partial charge is 0.506 e. The number of carbonyl (C=O) groups is 1. The summed E-state index contributed by atoms with van der Waals surface area (Å²) in [4.78, 5) is 13.8. The number of hydrogen-bond acceptors (Lipinski definition) is 3. The Kier molecular flexibility index (Phi) is 3.18. The van der Waals surface area contributed by atoms with Gasteiger partial charge in [-0.25, -0.2) is 13.8 Å². The molecule has 82 valence electrons. The van der Waals surface area contributed by atoms with Crippen LogP contribution in [0.15, 0.2) is 6.07 Å². The van der Waals surface area contributed by atoms with Crippen LogP contribution in [0.25, 0.3) is 0 Å². The molecule has 0 aliphatic rings. The maximum Gasteiger partial charge on any atom is 0.307 e. The molecule has 0 atom stereocenters. The highest BCUT2D eigenvalue weighted by Crippen LogP contribution is 2.26. The molecule has 0 unspecified atom stereocenters. The topological polar surface area (TPSA) is 70.4 Å². The summed E-state index contributed by atoms with van der Waals surface area (Å²) in [6.07, 6.45) is -3.29. The van der Waals surface area contributed by atoms with Gasteiger partial charge in [-0.3, -0.25) is 4.79 Å². The maximum absolute atomic E-state index is 12.3. The van der Waals surface area contributed by atoms with Crippen molar-refractivity contribution in [1.29, 1.82) is 0 Å². The van der Waals surface area contributed by atoms with Crippen LogP contribution >= 0.6 is 0 Å². The Balaban J connectivity index is 3.18. The van der Waals surface area contributed by atoms with Crippen molar-refractivity contribution in [3.63, 3.8) is 0 Å². The van der Waals surface area contributed by atoms with Gasteiger partial charge < -0.3 is 10.2 Å². The van der Waals surface area contributed by atoms with Crippen molar-refractivity contribution in [3.8, 4) is 5.75 Å². The standard InChI is InChI=1S/C9H9F2NO3/c1-4-8(15)5(3-7(13)14)2-6(12-4)9(10)11/h2,9,15H,3H2,1H3,(H,13,14). The predicted octanol–water partition coefficient (Wildman–Crippen LogP) is 1.66. The number of nitrogens with zero attached hydrogens (tertiary/aromatic N) is 1. The highest BCUT2D eigenvalue weighted by atomic mass is 19.3. The van der Waals surface area contributed by atoms with Crippen molar-refractivity contribution in [2.75, 3.05) is 0 Å². The molecule has 0 radical (unpaired) electrons. The molecule has 1 rings (SSSR count). The minimum atomic E-state index is -2.78. The highest BCUT2D eigenvalue weighted by Gasteiger charge is 2.16. The van der Waals surface area contributed by atoms with Crippen LogP contribution < -0.4 is 0 Å². The lowest BCUT2D eigenvalue weighted by molar-refractivity contribution is -0.136. The summed E-state index contributed by atoms with van der Waals surface area (Å²) in [7, 11) is 0. The number of carboxylic acid groups (broad SMARTS) is 1. The maximum atomic E-state index is 12.3. The summed E-state index contributed by atoms with van der Waals surface area (Å²) in [5.74, 6) is -1.54. The number of hydrogen-bond donors (Lipinski definition) is 2. The molecule has 1 aromatic heterocycles. The van der Waals surface area contributed by atoms with Gasteiger partial charge in [0, 0.05) is 5.56 Å². The zero-order valence-electron chi connectivity index (χ0n) is 7.87. The molecule has 0 aliphatic carbocycles. The summed E-state index contributed by atoms with van der Waals surface area (Å²) >= 11 is 0. The van der Waals surface area contributed by atoms with Gasteiger partial charge in [0.1, 0.15) is 11.4 Å². The second kappa shape index (κ2) is 4.20. The van der Waals surface area contributed by atoms with E-state index >= 15 is 0 Å². The molecular weight excluding hydrogens is 208 g/mol. The van der Waals surface area contributed by atoms with E-state index in [9.17, 15) is 18.7 Å². The van der Waals surface area contributed by atoms with Crippen LogP contribution in [0.2, 0.25) is 0 Å². The molecule has 0 bridgehead atoms. The van der Waals surface area contributed by atoms with E-state index in [0.717, 1.165) is 6.07 Å². The van der Waals surface area contributed by atoms with Crippen LogP contribution in [0.5, 0.6) is 5.75 Å². The Morgan fingerprint density at radius 2 is 2.20 bits per heavy atom. The number of aromatic nitrogens is 1. The molecular formula is C9H9F2NO3. The Hall–Kier alpha value is -1.72. The first-order chi connectivity index (χ1) is 6.91. The molecule has 0 aliphatic heterocycles. The molecule has 0 spiro atoms. The number of halogens is 2. The van der Waals surface area contributed by atoms with Gasteiger partial charge in [0.2, 0.25) is 0 Å². The van der Waals surface area contributed by atoms with Gasteiger partial charge >= 0.3 is 5.97 Å². The zero-order valence-corrected chi connectivity index (χ0v) is 7.87. The molecule has 1 heterocycles. The first-order valence-electron chi connectivity index (χ1n) is 4.11. The lowest BCUT2D eigenvalue weighted by atomic mass is 10.1. The smallest absolute Gasteiger partial charge is 0.307 e. The van der Waals surface area contributed by atoms with Gasteiger partial charge in [-0.15, -0.1) is 0 Å². The normalized spacial score (nSPS) is 10.7. The van der Waals surface area contributed by atoms with E-state index in [0.29, 0.717) is 0 Å². The van der Waals surface area contributed by atoms with Crippen molar-refractivity contribution in [2.24, 2.45) is 0 Å². The first-order valence-corrected chi connectivity index (χ1v) is 4.11. The van der Waals surface area contributed by atoms with Gasteiger partial charge in [-0.1, -0.05) is 0 Å². The Morgan fingerprint density at radius 1 is 1.60 bits per heavy atom. The van der Waals surface area contributed by atoms with Crippen LogP contribution in [0.1, 0.15) is 23.4 Å². The number of carboxylic acids is 1. The van der Waals surface area contributed by atoms with E-state index in [2.05, 4.69) is 4.98 Å². The number of rotatable bonds is 3. The van der Waals surface area contributed by atoms with E-state index < -0.39 is 24.5 Å². The monoisotopic (exact) mass is 217 g/mol. The molecule has 15 heavy (non-hydrogen) atoms. The molecule has 0 saturated heterocycles. The second-order valence-electron chi connectivity index (χ2n) is 3.01. The van der Waals surface area contributed by atoms with Gasteiger partial charge in [0.25, 0.3) is 6.43 Å². The molecule has 0 aromatic carbocycles. The third kappa shape index (κ3) is 2.61. The average molecular weight is 217 g/mol. The van der Waals surface area contributed by atoms with E-state index in [1.54, 1.807) is 0 Å². The zero-order chi connectivity index (χ0) is 11.6. The van der Waals surface area contributed by atoms with E-state index in [4.69, 9.17) is 5.11 Å². The summed E-state index contributed by atoms with van der Waals surface area (Å²) < 4.78 is 24.6. The van der Waals surface area contributed by atoms with E-state index in [-0.39, 0.29) is 17.0 Å². The summed E-state index contributed by atoms with van der Waals surface area (Å²) in [6.45, 7) is 1.34. The summed E-state index contributed by atoms with van der Waals surface area (Å²) in [5, 5.41) is 17.9. The number of alkyl halides is 2. The van der Waals surface area contributed by atoms with Crippen molar-refractivity contribution in [1.82, 2.24) is 4.98 Å². The molecule has 1 aromatic rings. The van der Waals surface area contributed by atoms with Crippen LogP contribution in [0, 0.1) is 6.92 Å². The summed E-state index contributed by atoms with van der Waals surface area (Å²) in [6, 6.07) is 0.904. The fourth-order valence-corrected chi connectivity index (χ4v) is 1.17. The second-order valence-corrected chi connectivity index (χ2v) is 3.01.